The summed E-state index contributed by atoms with van der Waals surface area (Å²) in [6.45, 7) is 27.4. The van der Waals surface area contributed by atoms with Crippen molar-refractivity contribution >= 4 is 52.4 Å². The van der Waals surface area contributed by atoms with Crippen molar-refractivity contribution in [3.63, 3.8) is 0 Å². The average Bonchev–Trinajstić information content (AvgIpc) is 2.86. The van der Waals surface area contributed by atoms with Crippen molar-refractivity contribution in [2.45, 2.75) is 253 Å². The zero-order chi connectivity index (χ0) is 38.5. The van der Waals surface area contributed by atoms with E-state index < -0.39 is 33.6 Å². The molecule has 8 heteroatoms. The first-order valence-electron chi connectivity index (χ1n) is 19.6. The summed E-state index contributed by atoms with van der Waals surface area (Å²) >= 11 is 0. The average molecular weight is 1100 g/mol. The van der Waals surface area contributed by atoms with Gasteiger partial charge in [0.1, 0.15) is 0 Å². The van der Waals surface area contributed by atoms with E-state index in [1.807, 2.05) is 0 Å². The van der Waals surface area contributed by atoms with Crippen LogP contribution < -0.4 is 30.6 Å². The van der Waals surface area contributed by atoms with Crippen LogP contribution in [-0.2, 0) is 0 Å². The number of unbranched alkanes of at least 4 members (excludes halogenated alkanes) is 3. The molecule has 0 aliphatic rings. The fourth-order valence-electron chi connectivity index (χ4n) is 6.39. The van der Waals surface area contributed by atoms with Gasteiger partial charge in [0, 0.05) is 0 Å². The van der Waals surface area contributed by atoms with Gasteiger partial charge in [-0.25, -0.2) is 0 Å². The maximum atomic E-state index is 11.6. The fraction of sp³-hybridized carbons (Fsp3) is 1.00. The predicted molar refractivity (Wildman–Crippen MR) is 207 cm³/mol. The largest absolute Gasteiger partial charge is 3.00 e. The molecule has 3 atom stereocenters. The maximum absolute atomic E-state index is 11.6. The molecule has 0 heterocycles. The molecule has 298 valence electrons. The first-order valence-corrected chi connectivity index (χ1v) is 19.6. The van der Waals surface area contributed by atoms with Gasteiger partial charge in [-0.3, -0.25) is 0 Å². The summed E-state index contributed by atoms with van der Waals surface area (Å²) in [4.78, 5) is 0. The van der Waals surface area contributed by atoms with Gasteiger partial charge >= 0.3 is 52.4 Å². The summed E-state index contributed by atoms with van der Waals surface area (Å²) in [7, 11) is 0. The second kappa shape index (κ2) is 29.8. The Bertz CT molecular complexity index is 634. The second-order valence-electron chi connectivity index (χ2n) is 18.7. The van der Waals surface area contributed by atoms with Crippen LogP contribution in [0.15, 0.2) is 0 Å². The summed E-state index contributed by atoms with van der Waals surface area (Å²) in [5, 5.41) is 69.0. The Balaban J connectivity index is -0.000000199. The molecule has 0 aromatic heterocycles. The first-order chi connectivity index (χ1) is 21.4. The van der Waals surface area contributed by atoms with Crippen LogP contribution in [0, 0.1) is 17.8 Å². The topological polar surface area (TPSA) is 138 Å². The van der Waals surface area contributed by atoms with Gasteiger partial charge in [-0.2, -0.15) is 0 Å². The molecule has 0 N–H and O–H groups in total. The molecule has 0 saturated heterocycles. The molecule has 0 spiro atoms. The van der Waals surface area contributed by atoms with Gasteiger partial charge in [0.05, 0.1) is 0 Å². The molecule has 0 bridgehead atoms. The van der Waals surface area contributed by atoms with E-state index in [9.17, 15) is 30.6 Å². The van der Waals surface area contributed by atoms with Crippen LogP contribution >= 0.6 is 0 Å². The van der Waals surface area contributed by atoms with Crippen LogP contribution in [0.3, 0.4) is 0 Å². The van der Waals surface area contributed by atoms with Crippen molar-refractivity contribution in [3.8, 4) is 0 Å². The van der Waals surface area contributed by atoms with Crippen LogP contribution in [0.1, 0.15) is 219 Å². The van der Waals surface area contributed by atoms with E-state index in [1.165, 1.54) is 0 Å². The minimum Gasteiger partial charge on any atom is -0.850 e. The van der Waals surface area contributed by atoms with Gasteiger partial charge in [-0.1, -0.05) is 219 Å². The zero-order valence-electron chi connectivity index (χ0n) is 35.8. The fourth-order valence-corrected chi connectivity index (χ4v) is 6.39. The molecule has 0 rings (SSSR count). The predicted octanol–water partition coefficient (Wildman–Crippen LogP) is 5.96. The molecule has 0 fully saturated rings. The van der Waals surface area contributed by atoms with E-state index >= 15 is 0 Å². The summed E-state index contributed by atoms with van der Waals surface area (Å²) in [5.74, 6) is 1.59. The zero-order valence-corrected chi connectivity index (χ0v) is 42.8. The third kappa shape index (κ3) is 53.9. The monoisotopic (exact) mass is 1100 g/mol. The van der Waals surface area contributed by atoms with Crippen LogP contribution in [0.2, 0.25) is 0 Å². The van der Waals surface area contributed by atoms with E-state index in [-0.39, 0.29) is 52.4 Å². The molecule has 0 aliphatic heterocycles. The number of hydrogen-bond acceptors (Lipinski definition) is 6. The summed E-state index contributed by atoms with van der Waals surface area (Å²) in [6, 6.07) is 0. The van der Waals surface area contributed by atoms with Crippen molar-refractivity contribution in [1.29, 1.82) is 0 Å². The number of rotatable bonds is 24. The molecule has 0 aromatic rings. The van der Waals surface area contributed by atoms with E-state index in [2.05, 4.69) is 20.8 Å². The molecular formula is C42H84Bi2O6. The molecule has 3 unspecified atom stereocenters. The molecule has 4 radical (unpaired) electrons. The third-order valence-corrected chi connectivity index (χ3v) is 9.00. The van der Waals surface area contributed by atoms with E-state index in [1.54, 1.807) is 83.1 Å². The first kappa shape index (κ1) is 60.8. The summed E-state index contributed by atoms with van der Waals surface area (Å²) < 4.78 is 0. The van der Waals surface area contributed by atoms with Crippen molar-refractivity contribution in [2.24, 2.45) is 17.8 Å². The Kier molecular flexibility index (Phi) is 36.2. The normalized spacial score (nSPS) is 14.6. The molecule has 0 saturated carbocycles. The Hall–Kier alpha value is 1.53. The minimum absolute atomic E-state index is 0. The van der Waals surface area contributed by atoms with Gasteiger partial charge in [0.15, 0.2) is 0 Å². The van der Waals surface area contributed by atoms with Gasteiger partial charge in [-0.05, 0) is 17.8 Å². The van der Waals surface area contributed by atoms with Gasteiger partial charge in [-0.15, -0.1) is 33.6 Å². The van der Waals surface area contributed by atoms with Crippen molar-refractivity contribution < 1.29 is 30.6 Å². The molecule has 0 aliphatic carbocycles. The molecule has 0 aromatic carbocycles. The molecular weight excluding hydrogens is 1020 g/mol. The van der Waals surface area contributed by atoms with Gasteiger partial charge < -0.3 is 30.6 Å². The maximum Gasteiger partial charge on any atom is 3.00 e. The Labute approximate surface area is 351 Å². The second-order valence-corrected chi connectivity index (χ2v) is 18.7. The summed E-state index contributed by atoms with van der Waals surface area (Å²) in [6.07, 6.45) is 17.2. The standard InChI is InChI=1S/3C14H28O2.2Bi/c3*1-6-12(11-14(4,5)16)9-7-8-10-13(2,3)15;;/h3*12H,6-11H2,1-5H3;;/q3*-2;2*+3. The molecule has 6 nitrogen and oxygen atoms in total. The van der Waals surface area contributed by atoms with E-state index in [0.29, 0.717) is 17.8 Å². The van der Waals surface area contributed by atoms with Crippen molar-refractivity contribution in [1.82, 2.24) is 0 Å². The van der Waals surface area contributed by atoms with Crippen LogP contribution in [0.4, 0.5) is 0 Å². The molecule has 0 amide bonds. The Morgan fingerprint density at radius 3 is 0.620 bits per heavy atom. The minimum atomic E-state index is -0.807. The van der Waals surface area contributed by atoms with E-state index in [0.717, 1.165) is 116 Å². The Morgan fingerprint density at radius 2 is 0.500 bits per heavy atom. The van der Waals surface area contributed by atoms with Crippen molar-refractivity contribution in [2.75, 3.05) is 0 Å². The van der Waals surface area contributed by atoms with Crippen LogP contribution in [0.25, 0.3) is 0 Å². The van der Waals surface area contributed by atoms with Crippen molar-refractivity contribution in [3.05, 3.63) is 0 Å². The smallest absolute Gasteiger partial charge is 0.850 e. The summed E-state index contributed by atoms with van der Waals surface area (Å²) in [5.41, 5.74) is -4.80. The van der Waals surface area contributed by atoms with E-state index in [4.69, 9.17) is 0 Å². The SMILES string of the molecule is CCC(CCCCC(C)(C)[O-])CC(C)(C)[O-].CCC(CCCCC(C)(C)[O-])CC(C)(C)[O-].CCC(CCCCC(C)(C)[O-])CC(C)(C)[O-].[Bi+3].[Bi+3]. The van der Waals surface area contributed by atoms with Gasteiger partial charge in [0.25, 0.3) is 0 Å². The third-order valence-electron chi connectivity index (χ3n) is 9.00. The van der Waals surface area contributed by atoms with Gasteiger partial charge in [0.2, 0.25) is 0 Å². The Morgan fingerprint density at radius 1 is 0.320 bits per heavy atom. The van der Waals surface area contributed by atoms with Crippen LogP contribution in [0.5, 0.6) is 0 Å². The van der Waals surface area contributed by atoms with Crippen LogP contribution in [-0.4, -0.2) is 86.0 Å². The molecule has 50 heavy (non-hydrogen) atoms. The quantitative estimate of drug-likeness (QED) is 0.0865. The number of hydrogen-bond donors (Lipinski definition) is 0.